The highest BCUT2D eigenvalue weighted by Gasteiger charge is 2.16. The van der Waals surface area contributed by atoms with Crippen molar-refractivity contribution in [2.24, 2.45) is 5.92 Å². The number of carbonyl (C=O) groups is 2. The van der Waals surface area contributed by atoms with E-state index in [4.69, 9.17) is 4.74 Å². The van der Waals surface area contributed by atoms with Crippen molar-refractivity contribution in [1.29, 1.82) is 0 Å². The highest BCUT2D eigenvalue weighted by Crippen LogP contribution is 2.26. The van der Waals surface area contributed by atoms with Crippen molar-refractivity contribution < 1.29 is 14.3 Å². The number of rotatable bonds is 5. The second kappa shape index (κ2) is 7.60. The summed E-state index contributed by atoms with van der Waals surface area (Å²) in [5.74, 6) is 0.990. The molecule has 0 bridgehead atoms. The molecule has 0 saturated carbocycles. The zero-order valence-electron chi connectivity index (χ0n) is 15.4. The number of hydrogen-bond donors (Lipinski definition) is 2. The summed E-state index contributed by atoms with van der Waals surface area (Å²) < 4.78 is 5.47. The Kier molecular flexibility index (Phi) is 5.26. The number of fused-ring (bicyclic) bond motifs is 1. The molecule has 2 aromatic rings. The molecule has 0 saturated heterocycles. The monoisotopic (exact) mass is 352 g/mol. The summed E-state index contributed by atoms with van der Waals surface area (Å²) in [7, 11) is 0. The molecule has 0 aliphatic carbocycles. The zero-order valence-corrected chi connectivity index (χ0v) is 15.4. The van der Waals surface area contributed by atoms with Gasteiger partial charge in [0.1, 0.15) is 5.75 Å². The van der Waals surface area contributed by atoms with E-state index in [1.165, 1.54) is 0 Å². The van der Waals surface area contributed by atoms with E-state index in [-0.39, 0.29) is 11.8 Å². The van der Waals surface area contributed by atoms with Crippen LogP contribution in [-0.2, 0) is 6.42 Å². The molecule has 0 aromatic heterocycles. The molecule has 2 N–H and O–H groups in total. The summed E-state index contributed by atoms with van der Waals surface area (Å²) in [5, 5.41) is 5.82. The molecular formula is C21H24N2O3. The van der Waals surface area contributed by atoms with Gasteiger partial charge in [-0.3, -0.25) is 9.59 Å². The lowest BCUT2D eigenvalue weighted by Crippen LogP contribution is -2.27. The van der Waals surface area contributed by atoms with Gasteiger partial charge in [-0.1, -0.05) is 13.8 Å². The molecule has 0 atom stereocenters. The van der Waals surface area contributed by atoms with E-state index < -0.39 is 0 Å². The van der Waals surface area contributed by atoms with Gasteiger partial charge in [-0.2, -0.15) is 0 Å². The SMILES string of the molecule is Cc1cc(C(=O)NCC(C)C)ccc1NC(=O)c1ccc2c(c1)CCO2. The molecule has 0 fully saturated rings. The average molecular weight is 352 g/mol. The van der Waals surface area contributed by atoms with Crippen LogP contribution >= 0.6 is 0 Å². The Balaban J connectivity index is 1.70. The molecule has 2 aromatic carbocycles. The Morgan fingerprint density at radius 3 is 2.54 bits per heavy atom. The Bertz CT molecular complexity index is 843. The molecule has 1 heterocycles. The van der Waals surface area contributed by atoms with Crippen LogP contribution in [0.2, 0.25) is 0 Å². The number of nitrogens with one attached hydrogen (secondary N) is 2. The maximum atomic E-state index is 12.5. The van der Waals surface area contributed by atoms with Gasteiger partial charge < -0.3 is 15.4 Å². The second-order valence-corrected chi connectivity index (χ2v) is 7.01. The first-order valence-electron chi connectivity index (χ1n) is 8.90. The van der Waals surface area contributed by atoms with E-state index in [1.54, 1.807) is 24.3 Å². The number of benzene rings is 2. The zero-order chi connectivity index (χ0) is 18.7. The number of ether oxygens (including phenoxy) is 1. The van der Waals surface area contributed by atoms with Gasteiger partial charge in [0.2, 0.25) is 0 Å². The maximum absolute atomic E-state index is 12.5. The quantitative estimate of drug-likeness (QED) is 0.864. The molecule has 5 nitrogen and oxygen atoms in total. The van der Waals surface area contributed by atoms with Crippen molar-refractivity contribution in [2.45, 2.75) is 27.2 Å². The molecule has 5 heteroatoms. The second-order valence-electron chi connectivity index (χ2n) is 7.01. The summed E-state index contributed by atoms with van der Waals surface area (Å²) in [5.41, 5.74) is 3.81. The molecule has 136 valence electrons. The van der Waals surface area contributed by atoms with Gasteiger partial charge in [0, 0.05) is 29.8 Å². The van der Waals surface area contributed by atoms with E-state index in [0.717, 1.165) is 23.3 Å². The van der Waals surface area contributed by atoms with E-state index in [2.05, 4.69) is 24.5 Å². The van der Waals surface area contributed by atoms with Gasteiger partial charge in [-0.25, -0.2) is 0 Å². The smallest absolute Gasteiger partial charge is 0.255 e. The van der Waals surface area contributed by atoms with Crippen molar-refractivity contribution in [2.75, 3.05) is 18.5 Å². The van der Waals surface area contributed by atoms with E-state index in [9.17, 15) is 9.59 Å². The van der Waals surface area contributed by atoms with Gasteiger partial charge in [0.05, 0.1) is 6.61 Å². The normalized spacial score (nSPS) is 12.5. The first-order valence-corrected chi connectivity index (χ1v) is 8.90. The van der Waals surface area contributed by atoms with Crippen LogP contribution in [0.15, 0.2) is 36.4 Å². The van der Waals surface area contributed by atoms with E-state index in [1.807, 2.05) is 19.1 Å². The first-order chi connectivity index (χ1) is 12.4. The number of amides is 2. The standard InChI is InChI=1S/C21H24N2O3/c1-13(2)12-22-20(24)16-4-6-18(14(3)10-16)23-21(25)17-5-7-19-15(11-17)8-9-26-19/h4-7,10-11,13H,8-9,12H2,1-3H3,(H,22,24)(H,23,25). The van der Waals surface area contributed by atoms with Crippen molar-refractivity contribution in [3.8, 4) is 5.75 Å². The minimum Gasteiger partial charge on any atom is -0.493 e. The average Bonchev–Trinajstić information content (AvgIpc) is 3.08. The predicted octanol–water partition coefficient (Wildman–Crippen LogP) is 3.57. The van der Waals surface area contributed by atoms with Crippen molar-refractivity contribution >= 4 is 17.5 Å². The van der Waals surface area contributed by atoms with Gasteiger partial charge >= 0.3 is 0 Å². The minimum absolute atomic E-state index is 0.0988. The largest absolute Gasteiger partial charge is 0.493 e. The fraction of sp³-hybridized carbons (Fsp3) is 0.333. The van der Waals surface area contributed by atoms with Crippen molar-refractivity contribution in [3.63, 3.8) is 0 Å². The third kappa shape index (κ3) is 4.04. The maximum Gasteiger partial charge on any atom is 0.255 e. The lowest BCUT2D eigenvalue weighted by atomic mass is 10.1. The minimum atomic E-state index is -0.167. The molecule has 0 radical (unpaired) electrons. The first kappa shape index (κ1) is 18.0. The molecule has 2 amide bonds. The van der Waals surface area contributed by atoms with Crippen LogP contribution in [0.4, 0.5) is 5.69 Å². The Labute approximate surface area is 153 Å². The number of hydrogen-bond acceptors (Lipinski definition) is 3. The number of anilines is 1. The van der Waals surface area contributed by atoms with Gasteiger partial charge in [0.25, 0.3) is 11.8 Å². The third-order valence-electron chi connectivity index (χ3n) is 4.36. The third-order valence-corrected chi connectivity index (χ3v) is 4.36. The summed E-state index contributed by atoms with van der Waals surface area (Å²) >= 11 is 0. The molecule has 1 aliphatic heterocycles. The van der Waals surface area contributed by atoms with Crippen LogP contribution in [0.3, 0.4) is 0 Å². The summed E-state index contributed by atoms with van der Waals surface area (Å²) in [6.45, 7) is 7.29. The fourth-order valence-electron chi connectivity index (χ4n) is 2.87. The van der Waals surface area contributed by atoms with Crippen LogP contribution in [0.1, 0.15) is 45.7 Å². The Morgan fingerprint density at radius 2 is 1.81 bits per heavy atom. The predicted molar refractivity (Wildman–Crippen MR) is 102 cm³/mol. The molecule has 0 spiro atoms. The lowest BCUT2D eigenvalue weighted by Gasteiger charge is -2.12. The molecular weight excluding hydrogens is 328 g/mol. The Hall–Kier alpha value is -2.82. The summed E-state index contributed by atoms with van der Waals surface area (Å²) in [4.78, 5) is 24.7. The molecule has 3 rings (SSSR count). The Morgan fingerprint density at radius 1 is 1.08 bits per heavy atom. The van der Waals surface area contributed by atoms with Crippen LogP contribution in [0.25, 0.3) is 0 Å². The fourth-order valence-corrected chi connectivity index (χ4v) is 2.87. The highest BCUT2D eigenvalue weighted by atomic mass is 16.5. The van der Waals surface area contributed by atoms with Gasteiger partial charge in [-0.15, -0.1) is 0 Å². The van der Waals surface area contributed by atoms with Crippen LogP contribution in [0, 0.1) is 12.8 Å². The van der Waals surface area contributed by atoms with Gasteiger partial charge in [-0.05, 0) is 60.4 Å². The van der Waals surface area contributed by atoms with Crippen LogP contribution in [0.5, 0.6) is 5.75 Å². The van der Waals surface area contributed by atoms with E-state index in [0.29, 0.717) is 35.9 Å². The van der Waals surface area contributed by atoms with E-state index >= 15 is 0 Å². The summed E-state index contributed by atoms with van der Waals surface area (Å²) in [6, 6.07) is 10.8. The lowest BCUT2D eigenvalue weighted by molar-refractivity contribution is 0.0948. The molecule has 26 heavy (non-hydrogen) atoms. The summed E-state index contributed by atoms with van der Waals surface area (Å²) in [6.07, 6.45) is 0.829. The highest BCUT2D eigenvalue weighted by molar-refractivity contribution is 6.05. The van der Waals surface area contributed by atoms with Crippen molar-refractivity contribution in [3.05, 3.63) is 58.7 Å². The van der Waals surface area contributed by atoms with Crippen LogP contribution in [-0.4, -0.2) is 25.0 Å². The number of carbonyl (C=O) groups excluding carboxylic acids is 2. The van der Waals surface area contributed by atoms with Gasteiger partial charge in [0.15, 0.2) is 0 Å². The molecule has 0 unspecified atom stereocenters. The topological polar surface area (TPSA) is 67.4 Å². The molecule has 1 aliphatic rings. The van der Waals surface area contributed by atoms with Crippen molar-refractivity contribution in [1.82, 2.24) is 5.32 Å². The number of aryl methyl sites for hydroxylation is 1. The van der Waals surface area contributed by atoms with Crippen LogP contribution < -0.4 is 15.4 Å².